The summed E-state index contributed by atoms with van der Waals surface area (Å²) in [5.41, 5.74) is 2.88. The highest BCUT2D eigenvalue weighted by Crippen LogP contribution is 2.12. The summed E-state index contributed by atoms with van der Waals surface area (Å²) in [6.07, 6.45) is 1.78. The van der Waals surface area contributed by atoms with Gasteiger partial charge in [-0.25, -0.2) is 4.98 Å². The number of pyridine rings is 1. The van der Waals surface area contributed by atoms with Crippen LogP contribution in [0.4, 0.5) is 5.69 Å². The monoisotopic (exact) mass is 261 g/mol. The van der Waals surface area contributed by atoms with E-state index in [0.29, 0.717) is 0 Å². The number of fused-ring (bicyclic) bond motifs is 1. The second-order valence-corrected chi connectivity index (χ2v) is 4.53. The molecule has 0 atom stereocenters. The van der Waals surface area contributed by atoms with Crippen molar-refractivity contribution in [3.63, 3.8) is 0 Å². The minimum Gasteiger partial charge on any atom is -0.269 e. The van der Waals surface area contributed by atoms with E-state index in [1.165, 1.54) is 0 Å². The minimum absolute atomic E-state index is 0.853. The fourth-order valence-electron chi connectivity index (χ4n) is 2.01. The van der Waals surface area contributed by atoms with Crippen LogP contribution in [0.3, 0.4) is 0 Å². The van der Waals surface area contributed by atoms with Gasteiger partial charge in [0.1, 0.15) is 0 Å². The Morgan fingerprint density at radius 3 is 2.50 bits per heavy atom. The first-order chi connectivity index (χ1) is 9.83. The summed E-state index contributed by atoms with van der Waals surface area (Å²) in [6, 6.07) is 22.1. The Balaban J connectivity index is 1.83. The number of hydrazone groups is 1. The van der Waals surface area contributed by atoms with E-state index in [1.807, 2.05) is 66.7 Å². The molecule has 0 aliphatic carbocycles. The molecule has 2 aromatic carbocycles. The number of para-hydroxylation sites is 2. The summed E-state index contributed by atoms with van der Waals surface area (Å²) < 4.78 is 0. The van der Waals surface area contributed by atoms with Crippen LogP contribution in [0.25, 0.3) is 10.9 Å². The van der Waals surface area contributed by atoms with Crippen LogP contribution in [-0.4, -0.2) is 18.2 Å². The Hall–Kier alpha value is -2.68. The van der Waals surface area contributed by atoms with Gasteiger partial charge >= 0.3 is 0 Å². The van der Waals surface area contributed by atoms with Crippen LogP contribution in [0, 0.1) is 0 Å². The topological polar surface area (TPSA) is 28.5 Å². The largest absolute Gasteiger partial charge is 0.269 e. The number of nitrogens with zero attached hydrogens (tertiary/aromatic N) is 3. The van der Waals surface area contributed by atoms with Gasteiger partial charge in [-0.3, -0.25) is 5.01 Å². The van der Waals surface area contributed by atoms with Crippen molar-refractivity contribution in [3.05, 3.63) is 72.4 Å². The van der Waals surface area contributed by atoms with E-state index in [0.717, 1.165) is 22.3 Å². The van der Waals surface area contributed by atoms with Crippen molar-refractivity contribution < 1.29 is 0 Å². The van der Waals surface area contributed by atoms with Gasteiger partial charge in [-0.2, -0.15) is 5.10 Å². The average molecular weight is 261 g/mol. The predicted octanol–water partition coefficient (Wildman–Crippen LogP) is 3.71. The third kappa shape index (κ3) is 2.67. The Labute approximate surface area is 118 Å². The lowest BCUT2D eigenvalue weighted by molar-refractivity contribution is 1.02. The van der Waals surface area contributed by atoms with Crippen LogP contribution in [0.1, 0.15) is 5.69 Å². The molecule has 0 spiro atoms. The lowest BCUT2D eigenvalue weighted by atomic mass is 10.2. The Bertz CT molecular complexity index is 735. The molecule has 3 heteroatoms. The Kier molecular flexibility index (Phi) is 3.42. The summed E-state index contributed by atoms with van der Waals surface area (Å²) in [7, 11) is 1.92. The van der Waals surface area contributed by atoms with Gasteiger partial charge in [0, 0.05) is 12.4 Å². The number of aromatic nitrogens is 1. The molecule has 0 aliphatic rings. The van der Waals surface area contributed by atoms with E-state index in [9.17, 15) is 0 Å². The molecular weight excluding hydrogens is 246 g/mol. The van der Waals surface area contributed by atoms with E-state index in [1.54, 1.807) is 6.21 Å². The number of rotatable bonds is 3. The van der Waals surface area contributed by atoms with Gasteiger partial charge in [0.15, 0.2) is 0 Å². The molecule has 3 aromatic rings. The maximum Gasteiger partial charge on any atom is 0.0838 e. The van der Waals surface area contributed by atoms with Crippen LogP contribution < -0.4 is 5.01 Å². The molecule has 0 saturated heterocycles. The third-order valence-electron chi connectivity index (χ3n) is 3.11. The Morgan fingerprint density at radius 2 is 1.65 bits per heavy atom. The third-order valence-corrected chi connectivity index (χ3v) is 3.11. The summed E-state index contributed by atoms with van der Waals surface area (Å²) in [5, 5.41) is 7.39. The molecule has 0 unspecified atom stereocenters. The second-order valence-electron chi connectivity index (χ2n) is 4.53. The first-order valence-corrected chi connectivity index (χ1v) is 6.51. The normalized spacial score (nSPS) is 11.1. The maximum absolute atomic E-state index is 4.56. The predicted molar refractivity (Wildman–Crippen MR) is 84.2 cm³/mol. The summed E-state index contributed by atoms with van der Waals surface area (Å²) in [4.78, 5) is 4.56. The van der Waals surface area contributed by atoms with Gasteiger partial charge in [0.25, 0.3) is 0 Å². The molecule has 0 aliphatic heterocycles. The summed E-state index contributed by atoms with van der Waals surface area (Å²) >= 11 is 0. The highest BCUT2D eigenvalue weighted by atomic mass is 15.4. The summed E-state index contributed by atoms with van der Waals surface area (Å²) in [5.74, 6) is 0. The zero-order valence-corrected chi connectivity index (χ0v) is 11.3. The summed E-state index contributed by atoms with van der Waals surface area (Å²) in [6.45, 7) is 0. The molecule has 0 N–H and O–H groups in total. The molecule has 20 heavy (non-hydrogen) atoms. The first-order valence-electron chi connectivity index (χ1n) is 6.51. The van der Waals surface area contributed by atoms with Gasteiger partial charge in [-0.15, -0.1) is 0 Å². The lowest BCUT2D eigenvalue weighted by Gasteiger charge is -2.11. The molecule has 0 bridgehead atoms. The van der Waals surface area contributed by atoms with Gasteiger partial charge in [0.05, 0.1) is 23.1 Å². The maximum atomic E-state index is 4.56. The zero-order chi connectivity index (χ0) is 13.8. The zero-order valence-electron chi connectivity index (χ0n) is 11.3. The highest BCUT2D eigenvalue weighted by Gasteiger charge is 1.97. The highest BCUT2D eigenvalue weighted by molar-refractivity contribution is 5.85. The van der Waals surface area contributed by atoms with Gasteiger partial charge < -0.3 is 0 Å². The molecule has 0 amide bonds. The van der Waals surface area contributed by atoms with E-state index >= 15 is 0 Å². The van der Waals surface area contributed by atoms with Crippen LogP contribution in [0.2, 0.25) is 0 Å². The number of hydrogen-bond donors (Lipinski definition) is 0. The van der Waals surface area contributed by atoms with Crippen LogP contribution in [0.5, 0.6) is 0 Å². The quantitative estimate of drug-likeness (QED) is 0.531. The minimum atomic E-state index is 0.853. The van der Waals surface area contributed by atoms with Crippen molar-refractivity contribution >= 4 is 22.8 Å². The molecule has 3 nitrogen and oxygen atoms in total. The molecule has 98 valence electrons. The van der Waals surface area contributed by atoms with E-state index in [-0.39, 0.29) is 0 Å². The first kappa shape index (κ1) is 12.4. The average Bonchev–Trinajstić information content (AvgIpc) is 2.53. The van der Waals surface area contributed by atoms with Gasteiger partial charge in [-0.05, 0) is 24.3 Å². The Morgan fingerprint density at radius 1 is 0.900 bits per heavy atom. The van der Waals surface area contributed by atoms with Crippen LogP contribution in [0.15, 0.2) is 71.8 Å². The molecule has 3 rings (SSSR count). The van der Waals surface area contributed by atoms with Gasteiger partial charge in [0.2, 0.25) is 0 Å². The van der Waals surface area contributed by atoms with Crippen molar-refractivity contribution in [1.82, 2.24) is 4.98 Å². The van der Waals surface area contributed by atoms with E-state index < -0.39 is 0 Å². The van der Waals surface area contributed by atoms with Crippen molar-refractivity contribution in [2.24, 2.45) is 5.10 Å². The van der Waals surface area contributed by atoms with E-state index in [4.69, 9.17) is 0 Å². The van der Waals surface area contributed by atoms with Crippen molar-refractivity contribution in [3.8, 4) is 0 Å². The second kappa shape index (κ2) is 5.53. The molecule has 1 aromatic heterocycles. The fraction of sp³-hybridized carbons (Fsp3) is 0.0588. The van der Waals surface area contributed by atoms with E-state index in [2.05, 4.69) is 22.2 Å². The smallest absolute Gasteiger partial charge is 0.0838 e. The van der Waals surface area contributed by atoms with Crippen molar-refractivity contribution in [2.75, 3.05) is 12.1 Å². The molecule has 0 fully saturated rings. The lowest BCUT2D eigenvalue weighted by Crippen LogP contribution is -2.08. The number of benzene rings is 2. The standard InChI is InChI=1S/C17H15N3/c1-20(16-8-3-2-4-9-16)18-13-15-12-11-14-7-5-6-10-17(14)19-15/h2-13H,1H3/b18-13+. The fourth-order valence-corrected chi connectivity index (χ4v) is 2.01. The molecule has 0 saturated carbocycles. The molecule has 1 heterocycles. The van der Waals surface area contributed by atoms with Crippen molar-refractivity contribution in [2.45, 2.75) is 0 Å². The van der Waals surface area contributed by atoms with Crippen LogP contribution >= 0.6 is 0 Å². The van der Waals surface area contributed by atoms with Crippen LogP contribution in [-0.2, 0) is 0 Å². The number of anilines is 1. The number of hydrogen-bond acceptors (Lipinski definition) is 3. The SMILES string of the molecule is CN(/N=C/c1ccc2ccccc2n1)c1ccccc1. The van der Waals surface area contributed by atoms with Gasteiger partial charge in [-0.1, -0.05) is 42.5 Å². The molecular formula is C17H15N3. The van der Waals surface area contributed by atoms with Crippen molar-refractivity contribution in [1.29, 1.82) is 0 Å². The molecule has 0 radical (unpaired) electrons.